The Morgan fingerprint density at radius 1 is 0.793 bits per heavy atom. The van der Waals surface area contributed by atoms with Crippen LogP contribution in [0.25, 0.3) is 11.1 Å². The molecule has 0 fully saturated rings. The fourth-order valence-corrected chi connectivity index (χ4v) is 2.61. The zero-order valence-electron chi connectivity index (χ0n) is 15.4. The molecule has 0 aliphatic rings. The van der Waals surface area contributed by atoms with Gasteiger partial charge in [0.1, 0.15) is 17.3 Å². The second-order valence-electron chi connectivity index (χ2n) is 5.97. The van der Waals surface area contributed by atoms with Crippen LogP contribution in [-0.2, 0) is 0 Å². The standard InChI is InChI=1S/C23H16F4O2/c1-2-28-19-12-8-18(9-13-19)21-14-7-17(15-22(21)24)4-3-16-5-10-20(11-6-16)29-23(25,26)27/h5-15H,2H2,1H3. The van der Waals surface area contributed by atoms with Gasteiger partial charge in [-0.3, -0.25) is 0 Å². The Kier molecular flexibility index (Phi) is 6.08. The first-order valence-electron chi connectivity index (χ1n) is 8.74. The lowest BCUT2D eigenvalue weighted by Gasteiger charge is -2.08. The van der Waals surface area contributed by atoms with E-state index < -0.39 is 12.2 Å². The van der Waals surface area contributed by atoms with Crippen LogP contribution in [0.2, 0.25) is 0 Å². The van der Waals surface area contributed by atoms with E-state index in [0.717, 1.165) is 0 Å². The molecule has 0 N–H and O–H groups in total. The molecule has 0 atom stereocenters. The highest BCUT2D eigenvalue weighted by atomic mass is 19.4. The Morgan fingerprint density at radius 3 is 1.97 bits per heavy atom. The van der Waals surface area contributed by atoms with Gasteiger partial charge in [0.2, 0.25) is 0 Å². The summed E-state index contributed by atoms with van der Waals surface area (Å²) in [6, 6.07) is 16.9. The number of rotatable bonds is 4. The van der Waals surface area contributed by atoms with Gasteiger partial charge in [-0.05, 0) is 61.0 Å². The van der Waals surface area contributed by atoms with Crippen molar-refractivity contribution in [1.82, 2.24) is 0 Å². The monoisotopic (exact) mass is 400 g/mol. The van der Waals surface area contributed by atoms with Gasteiger partial charge in [-0.15, -0.1) is 13.2 Å². The van der Waals surface area contributed by atoms with Crippen LogP contribution in [0.15, 0.2) is 66.7 Å². The van der Waals surface area contributed by atoms with Crippen molar-refractivity contribution in [1.29, 1.82) is 0 Å². The molecule has 6 heteroatoms. The molecule has 0 unspecified atom stereocenters. The van der Waals surface area contributed by atoms with Crippen molar-refractivity contribution in [2.45, 2.75) is 13.3 Å². The molecule has 0 aliphatic carbocycles. The van der Waals surface area contributed by atoms with E-state index in [4.69, 9.17) is 4.74 Å². The lowest BCUT2D eigenvalue weighted by molar-refractivity contribution is -0.274. The van der Waals surface area contributed by atoms with E-state index in [-0.39, 0.29) is 5.75 Å². The van der Waals surface area contributed by atoms with Gasteiger partial charge >= 0.3 is 6.36 Å². The number of benzene rings is 3. The van der Waals surface area contributed by atoms with Crippen LogP contribution in [0.5, 0.6) is 11.5 Å². The molecule has 0 spiro atoms. The third-order valence-corrected chi connectivity index (χ3v) is 3.88. The number of halogens is 4. The van der Waals surface area contributed by atoms with Crippen LogP contribution in [0, 0.1) is 17.7 Å². The highest BCUT2D eigenvalue weighted by Crippen LogP contribution is 2.26. The van der Waals surface area contributed by atoms with E-state index in [1.165, 1.54) is 30.3 Å². The van der Waals surface area contributed by atoms with Crippen LogP contribution in [0.3, 0.4) is 0 Å². The molecule has 0 bridgehead atoms. The minimum absolute atomic E-state index is 0.325. The van der Waals surface area contributed by atoms with Crippen molar-refractivity contribution in [3.8, 4) is 34.5 Å². The smallest absolute Gasteiger partial charge is 0.494 e. The van der Waals surface area contributed by atoms with Gasteiger partial charge < -0.3 is 9.47 Å². The summed E-state index contributed by atoms with van der Waals surface area (Å²) in [6.07, 6.45) is -4.74. The first kappa shape index (κ1) is 20.3. The highest BCUT2D eigenvalue weighted by molar-refractivity contribution is 5.66. The normalized spacial score (nSPS) is 10.8. The molecule has 0 radical (unpaired) electrons. The lowest BCUT2D eigenvalue weighted by Crippen LogP contribution is -2.16. The second-order valence-corrected chi connectivity index (χ2v) is 5.97. The maximum absolute atomic E-state index is 14.5. The van der Waals surface area contributed by atoms with Gasteiger partial charge in [0, 0.05) is 16.7 Å². The Labute approximate surface area is 165 Å². The average Bonchev–Trinajstić information content (AvgIpc) is 2.67. The fourth-order valence-electron chi connectivity index (χ4n) is 2.61. The summed E-state index contributed by atoms with van der Waals surface area (Å²) in [5.74, 6) is 5.56. The predicted molar refractivity (Wildman–Crippen MR) is 102 cm³/mol. The molecule has 0 aliphatic heterocycles. The van der Waals surface area contributed by atoms with Gasteiger partial charge in [-0.1, -0.05) is 30.0 Å². The lowest BCUT2D eigenvalue weighted by atomic mass is 10.0. The Morgan fingerprint density at radius 2 is 1.38 bits per heavy atom. The van der Waals surface area contributed by atoms with Gasteiger partial charge in [0.15, 0.2) is 0 Å². The summed E-state index contributed by atoms with van der Waals surface area (Å²) in [5, 5.41) is 0. The summed E-state index contributed by atoms with van der Waals surface area (Å²) >= 11 is 0. The van der Waals surface area contributed by atoms with Crippen LogP contribution < -0.4 is 9.47 Å². The zero-order valence-corrected chi connectivity index (χ0v) is 15.4. The molecule has 0 saturated carbocycles. The number of alkyl halides is 3. The molecular formula is C23H16F4O2. The maximum Gasteiger partial charge on any atom is 0.573 e. The molecule has 3 aromatic carbocycles. The summed E-state index contributed by atoms with van der Waals surface area (Å²) in [5.41, 5.74) is 2.08. The van der Waals surface area contributed by atoms with Crippen molar-refractivity contribution >= 4 is 0 Å². The first-order valence-corrected chi connectivity index (χ1v) is 8.74. The highest BCUT2D eigenvalue weighted by Gasteiger charge is 2.30. The minimum atomic E-state index is -4.74. The van der Waals surface area contributed by atoms with E-state index in [9.17, 15) is 17.6 Å². The number of hydrogen-bond acceptors (Lipinski definition) is 2. The van der Waals surface area contributed by atoms with E-state index in [1.807, 2.05) is 6.92 Å². The zero-order chi connectivity index (χ0) is 20.9. The molecule has 29 heavy (non-hydrogen) atoms. The molecular weight excluding hydrogens is 384 g/mol. The summed E-state index contributed by atoms with van der Waals surface area (Å²) in [7, 11) is 0. The quantitative estimate of drug-likeness (QED) is 0.384. The molecule has 0 aromatic heterocycles. The van der Waals surface area contributed by atoms with Crippen molar-refractivity contribution in [3.63, 3.8) is 0 Å². The third kappa shape index (κ3) is 5.76. The van der Waals surface area contributed by atoms with E-state index in [2.05, 4.69) is 16.6 Å². The van der Waals surface area contributed by atoms with Crippen molar-refractivity contribution in [2.75, 3.05) is 6.61 Å². The van der Waals surface area contributed by atoms with Gasteiger partial charge in [0.05, 0.1) is 6.61 Å². The average molecular weight is 400 g/mol. The predicted octanol–water partition coefficient (Wildman–Crippen LogP) is 6.19. The molecule has 148 valence electrons. The Bertz CT molecular complexity index is 1030. The number of ether oxygens (including phenoxy) is 2. The summed E-state index contributed by atoms with van der Waals surface area (Å²) < 4.78 is 60.2. The van der Waals surface area contributed by atoms with Crippen molar-refractivity contribution < 1.29 is 27.0 Å². The topological polar surface area (TPSA) is 18.5 Å². The SMILES string of the molecule is CCOc1ccc(-c2ccc(C#Cc3ccc(OC(F)(F)F)cc3)cc2F)cc1. The van der Waals surface area contributed by atoms with Gasteiger partial charge in [-0.25, -0.2) is 4.39 Å². The largest absolute Gasteiger partial charge is 0.573 e. The molecule has 3 rings (SSSR count). The maximum atomic E-state index is 14.5. The molecule has 3 aromatic rings. The van der Waals surface area contributed by atoms with E-state index in [0.29, 0.717) is 34.6 Å². The van der Waals surface area contributed by atoms with E-state index >= 15 is 0 Å². The molecule has 0 saturated heterocycles. The van der Waals surface area contributed by atoms with Crippen LogP contribution >= 0.6 is 0 Å². The van der Waals surface area contributed by atoms with Crippen LogP contribution in [-0.4, -0.2) is 13.0 Å². The summed E-state index contributed by atoms with van der Waals surface area (Å²) in [6.45, 7) is 2.44. The van der Waals surface area contributed by atoms with Crippen molar-refractivity contribution in [3.05, 3.63) is 83.7 Å². The van der Waals surface area contributed by atoms with Crippen LogP contribution in [0.4, 0.5) is 17.6 Å². The van der Waals surface area contributed by atoms with Gasteiger partial charge in [-0.2, -0.15) is 0 Å². The summed E-state index contributed by atoms with van der Waals surface area (Å²) in [4.78, 5) is 0. The van der Waals surface area contributed by atoms with Crippen LogP contribution in [0.1, 0.15) is 18.1 Å². The third-order valence-electron chi connectivity index (χ3n) is 3.88. The van der Waals surface area contributed by atoms with E-state index in [1.54, 1.807) is 36.4 Å². The number of hydrogen-bond donors (Lipinski definition) is 0. The fraction of sp³-hybridized carbons (Fsp3) is 0.130. The first-order chi connectivity index (χ1) is 13.8. The Balaban J connectivity index is 1.74. The van der Waals surface area contributed by atoms with Gasteiger partial charge in [0.25, 0.3) is 0 Å². The minimum Gasteiger partial charge on any atom is -0.494 e. The molecule has 2 nitrogen and oxygen atoms in total. The second kappa shape index (κ2) is 8.70. The molecule has 0 heterocycles. The van der Waals surface area contributed by atoms with Crippen molar-refractivity contribution in [2.24, 2.45) is 0 Å². The molecule has 0 amide bonds. The Hall–Kier alpha value is -3.46.